The second kappa shape index (κ2) is 4.39. The van der Waals surface area contributed by atoms with Gasteiger partial charge in [-0.15, -0.1) is 13.2 Å². The van der Waals surface area contributed by atoms with Gasteiger partial charge in [0, 0.05) is 6.54 Å². The van der Waals surface area contributed by atoms with Crippen LogP contribution in [0.15, 0.2) is 6.07 Å². The van der Waals surface area contributed by atoms with Crippen LogP contribution in [0.25, 0.3) is 0 Å². The zero-order valence-corrected chi connectivity index (χ0v) is 9.46. The van der Waals surface area contributed by atoms with Gasteiger partial charge in [-0.1, -0.05) is 0 Å². The zero-order chi connectivity index (χ0) is 11.6. The van der Waals surface area contributed by atoms with Crippen LogP contribution in [-0.4, -0.2) is 11.3 Å². The molecule has 4 nitrogen and oxygen atoms in total. The number of nitrogens with zero attached hydrogens (tertiary/aromatic N) is 1. The number of pyridine rings is 1. The highest BCUT2D eigenvalue weighted by Gasteiger charge is 2.32. The Labute approximate surface area is 96.9 Å². The van der Waals surface area contributed by atoms with E-state index in [1.807, 2.05) is 0 Å². The zero-order valence-electron chi connectivity index (χ0n) is 7.31. The second-order valence-electron chi connectivity index (χ2n) is 2.55. The van der Waals surface area contributed by atoms with E-state index in [0.717, 1.165) is 6.07 Å². The fourth-order valence-electron chi connectivity index (χ4n) is 0.886. The molecular formula is C7H7F3IN3O. The lowest BCUT2D eigenvalue weighted by atomic mass is 10.3. The highest BCUT2D eigenvalue weighted by atomic mass is 127. The van der Waals surface area contributed by atoms with Crippen LogP contribution in [0.1, 0.15) is 5.69 Å². The number of rotatable bonds is 2. The molecule has 84 valence electrons. The highest BCUT2D eigenvalue weighted by molar-refractivity contribution is 14.1. The molecule has 4 N–H and O–H groups in total. The van der Waals surface area contributed by atoms with Crippen LogP contribution in [0.5, 0.6) is 5.75 Å². The van der Waals surface area contributed by atoms with E-state index in [-0.39, 0.29) is 18.1 Å². The molecular weight excluding hydrogens is 326 g/mol. The number of anilines is 1. The van der Waals surface area contributed by atoms with E-state index in [1.165, 1.54) is 0 Å². The molecule has 0 unspecified atom stereocenters. The van der Waals surface area contributed by atoms with E-state index in [1.54, 1.807) is 22.6 Å². The molecule has 0 aliphatic heterocycles. The molecule has 1 aromatic rings. The summed E-state index contributed by atoms with van der Waals surface area (Å²) in [5.74, 6) is -0.283. The monoisotopic (exact) mass is 333 g/mol. The van der Waals surface area contributed by atoms with Crippen molar-refractivity contribution in [2.24, 2.45) is 5.73 Å². The molecule has 1 heterocycles. The Morgan fingerprint density at radius 3 is 2.53 bits per heavy atom. The van der Waals surface area contributed by atoms with Crippen LogP contribution < -0.4 is 16.2 Å². The standard InChI is InChI=1S/C7H7F3IN3O/c8-7(9,10)15-5-1-3(11)6(13)14-4(5)2-12/h1H,2,12H2,(H2,13,14). The van der Waals surface area contributed by atoms with Crippen molar-refractivity contribution in [3.05, 3.63) is 15.3 Å². The maximum Gasteiger partial charge on any atom is 0.573 e. The molecule has 0 aromatic carbocycles. The number of aromatic nitrogens is 1. The minimum Gasteiger partial charge on any atom is -0.404 e. The number of nitrogen functional groups attached to an aromatic ring is 1. The Morgan fingerprint density at radius 1 is 1.47 bits per heavy atom. The Kier molecular flexibility index (Phi) is 3.60. The van der Waals surface area contributed by atoms with Gasteiger partial charge >= 0.3 is 6.36 Å². The van der Waals surface area contributed by atoms with Crippen LogP contribution in [0, 0.1) is 3.57 Å². The van der Waals surface area contributed by atoms with E-state index in [9.17, 15) is 13.2 Å². The molecule has 0 amide bonds. The first-order valence-corrected chi connectivity index (χ1v) is 4.82. The first-order valence-electron chi connectivity index (χ1n) is 3.74. The molecule has 0 aliphatic rings. The number of ether oxygens (including phenoxy) is 1. The van der Waals surface area contributed by atoms with Crippen LogP contribution in [-0.2, 0) is 6.54 Å². The first-order chi connectivity index (χ1) is 6.83. The highest BCUT2D eigenvalue weighted by Crippen LogP contribution is 2.28. The third-order valence-corrected chi connectivity index (χ3v) is 2.33. The lowest BCUT2D eigenvalue weighted by Gasteiger charge is -2.12. The Morgan fingerprint density at radius 2 is 2.07 bits per heavy atom. The van der Waals surface area contributed by atoms with Gasteiger partial charge in [0.2, 0.25) is 0 Å². The molecule has 15 heavy (non-hydrogen) atoms. The van der Waals surface area contributed by atoms with Crippen LogP contribution >= 0.6 is 22.6 Å². The Balaban J connectivity index is 3.11. The van der Waals surface area contributed by atoms with Crippen molar-refractivity contribution >= 4 is 28.4 Å². The lowest BCUT2D eigenvalue weighted by molar-refractivity contribution is -0.275. The number of hydrogen-bond donors (Lipinski definition) is 2. The average Bonchev–Trinajstić information content (AvgIpc) is 2.08. The molecule has 1 aromatic heterocycles. The van der Waals surface area contributed by atoms with Gasteiger partial charge in [-0.25, -0.2) is 4.98 Å². The van der Waals surface area contributed by atoms with Gasteiger partial charge in [0.15, 0.2) is 5.75 Å². The topological polar surface area (TPSA) is 74.2 Å². The SMILES string of the molecule is NCc1nc(N)c(I)cc1OC(F)(F)F. The number of hydrogen-bond acceptors (Lipinski definition) is 4. The summed E-state index contributed by atoms with van der Waals surface area (Å²) < 4.78 is 40.0. The maximum atomic E-state index is 12.0. The number of halogens is 4. The summed E-state index contributed by atoms with van der Waals surface area (Å²) in [6.07, 6.45) is -4.76. The van der Waals surface area contributed by atoms with Crippen molar-refractivity contribution in [3.63, 3.8) is 0 Å². The summed E-state index contributed by atoms with van der Waals surface area (Å²) in [6, 6.07) is 1.15. The molecule has 0 atom stereocenters. The molecule has 0 bridgehead atoms. The first kappa shape index (κ1) is 12.3. The van der Waals surface area contributed by atoms with Gasteiger partial charge in [-0.05, 0) is 28.7 Å². The van der Waals surface area contributed by atoms with E-state index >= 15 is 0 Å². The molecule has 0 saturated carbocycles. The average molecular weight is 333 g/mol. The Bertz CT molecular complexity index is 369. The van der Waals surface area contributed by atoms with Crippen molar-refractivity contribution in [1.82, 2.24) is 4.98 Å². The molecule has 0 radical (unpaired) electrons. The minimum absolute atomic E-state index is 0.0229. The fourth-order valence-corrected chi connectivity index (χ4v) is 1.29. The number of nitrogens with two attached hydrogens (primary N) is 2. The predicted octanol–water partition coefficient (Wildman–Crippen LogP) is 1.63. The maximum absolute atomic E-state index is 12.0. The van der Waals surface area contributed by atoms with Gasteiger partial charge in [0.05, 0.1) is 9.26 Å². The van der Waals surface area contributed by atoms with Gasteiger partial charge < -0.3 is 16.2 Å². The molecule has 0 aliphatic carbocycles. The van der Waals surface area contributed by atoms with Crippen LogP contribution in [0.2, 0.25) is 0 Å². The number of alkyl halides is 3. The van der Waals surface area contributed by atoms with Crippen LogP contribution in [0.4, 0.5) is 19.0 Å². The summed E-state index contributed by atoms with van der Waals surface area (Å²) in [7, 11) is 0. The molecule has 8 heteroatoms. The lowest BCUT2D eigenvalue weighted by Crippen LogP contribution is -2.19. The largest absolute Gasteiger partial charge is 0.573 e. The molecule has 0 fully saturated rings. The van der Waals surface area contributed by atoms with E-state index < -0.39 is 12.1 Å². The van der Waals surface area contributed by atoms with Gasteiger partial charge in [-0.3, -0.25) is 0 Å². The summed E-state index contributed by atoms with van der Waals surface area (Å²) in [5.41, 5.74) is 10.6. The van der Waals surface area contributed by atoms with Crippen LogP contribution in [0.3, 0.4) is 0 Å². The summed E-state index contributed by atoms with van der Waals surface area (Å²) >= 11 is 1.76. The second-order valence-corrected chi connectivity index (χ2v) is 3.71. The van der Waals surface area contributed by atoms with Crippen molar-refractivity contribution in [2.45, 2.75) is 12.9 Å². The molecule has 0 saturated heterocycles. The van der Waals surface area contributed by atoms with Gasteiger partial charge in [0.25, 0.3) is 0 Å². The van der Waals surface area contributed by atoms with E-state index in [0.29, 0.717) is 3.57 Å². The van der Waals surface area contributed by atoms with Crippen molar-refractivity contribution in [3.8, 4) is 5.75 Å². The molecule has 1 rings (SSSR count). The summed E-state index contributed by atoms with van der Waals surface area (Å²) in [5, 5.41) is 0. The van der Waals surface area contributed by atoms with E-state index in [2.05, 4.69) is 9.72 Å². The quantitative estimate of drug-likeness (QED) is 0.807. The smallest absolute Gasteiger partial charge is 0.404 e. The third-order valence-electron chi connectivity index (χ3n) is 1.46. The third kappa shape index (κ3) is 3.38. The summed E-state index contributed by atoms with van der Waals surface area (Å²) in [4.78, 5) is 3.70. The predicted molar refractivity (Wildman–Crippen MR) is 55.9 cm³/mol. The summed E-state index contributed by atoms with van der Waals surface area (Å²) in [6.45, 7) is -0.174. The minimum atomic E-state index is -4.76. The van der Waals surface area contributed by atoms with Crippen molar-refractivity contribution < 1.29 is 17.9 Å². The Hall–Kier alpha value is -0.770. The van der Waals surface area contributed by atoms with Gasteiger partial charge in [0.1, 0.15) is 5.82 Å². The normalized spacial score (nSPS) is 11.5. The van der Waals surface area contributed by atoms with E-state index in [4.69, 9.17) is 11.5 Å². The van der Waals surface area contributed by atoms with Crippen molar-refractivity contribution in [2.75, 3.05) is 5.73 Å². The van der Waals surface area contributed by atoms with Crippen molar-refractivity contribution in [1.29, 1.82) is 0 Å². The fraction of sp³-hybridized carbons (Fsp3) is 0.286. The molecule has 0 spiro atoms. The van der Waals surface area contributed by atoms with Gasteiger partial charge in [-0.2, -0.15) is 0 Å².